The standard InChI is InChI=1S/C13H12.C5H4ClNO/c1-3-7-12(8-4-1)11-13-9-5-2-6-10-13;1-4(3-7)5(2)8-6/h1-10H,11H2;1-2H2. The molecule has 0 radical (unpaired) electrons. The van der Waals surface area contributed by atoms with Gasteiger partial charge in [0.25, 0.3) is 0 Å². The van der Waals surface area contributed by atoms with Gasteiger partial charge in [0.05, 0.1) is 5.57 Å². The Labute approximate surface area is 130 Å². The summed E-state index contributed by atoms with van der Waals surface area (Å²) in [5.74, 6) is 0.0918. The third-order valence-electron chi connectivity index (χ3n) is 2.66. The third kappa shape index (κ3) is 6.47. The first-order chi connectivity index (χ1) is 10.2. The number of benzene rings is 2. The number of halogens is 1. The summed E-state index contributed by atoms with van der Waals surface area (Å²) in [5, 5.41) is 8.09. The summed E-state index contributed by atoms with van der Waals surface area (Å²) >= 11 is 4.81. The van der Waals surface area contributed by atoms with Crippen LogP contribution >= 0.6 is 11.9 Å². The molecule has 0 aliphatic carbocycles. The predicted octanol–water partition coefficient (Wildman–Crippen LogP) is 5.03. The zero-order valence-corrected chi connectivity index (χ0v) is 12.4. The van der Waals surface area contributed by atoms with Crippen LogP contribution in [0.1, 0.15) is 11.1 Å². The highest BCUT2D eigenvalue weighted by molar-refractivity contribution is 6.08. The lowest BCUT2D eigenvalue weighted by Crippen LogP contribution is -1.85. The van der Waals surface area contributed by atoms with Gasteiger partial charge in [-0.15, -0.1) is 0 Å². The molecule has 0 aromatic heterocycles. The fourth-order valence-electron chi connectivity index (χ4n) is 1.54. The molecule has 0 amide bonds. The van der Waals surface area contributed by atoms with E-state index in [-0.39, 0.29) is 11.3 Å². The van der Waals surface area contributed by atoms with Crippen LogP contribution in [0.4, 0.5) is 0 Å². The molecule has 0 heterocycles. The summed E-state index contributed by atoms with van der Waals surface area (Å²) in [4.78, 5) is 0. The molecular weight excluding hydrogens is 282 g/mol. The predicted molar refractivity (Wildman–Crippen MR) is 86.5 cm³/mol. The molecule has 0 atom stereocenters. The smallest absolute Gasteiger partial charge is 0.156 e. The Balaban J connectivity index is 0.000000240. The Morgan fingerprint density at radius 2 is 1.38 bits per heavy atom. The van der Waals surface area contributed by atoms with Gasteiger partial charge >= 0.3 is 0 Å². The molecule has 0 unspecified atom stereocenters. The van der Waals surface area contributed by atoms with Crippen molar-refractivity contribution >= 4 is 11.9 Å². The summed E-state index contributed by atoms with van der Waals surface area (Å²) in [5.41, 5.74) is 2.88. The van der Waals surface area contributed by atoms with Crippen molar-refractivity contribution in [3.63, 3.8) is 0 Å². The van der Waals surface area contributed by atoms with E-state index >= 15 is 0 Å². The fraction of sp³-hybridized carbons (Fsp3) is 0.0556. The summed E-state index contributed by atoms with van der Waals surface area (Å²) in [6.45, 7) is 6.54. The van der Waals surface area contributed by atoms with Gasteiger partial charge in [0, 0.05) is 0 Å². The Kier molecular flexibility index (Phi) is 7.42. The first kappa shape index (κ1) is 16.6. The van der Waals surface area contributed by atoms with E-state index in [0.717, 1.165) is 6.42 Å². The zero-order valence-electron chi connectivity index (χ0n) is 11.6. The second kappa shape index (κ2) is 9.41. The van der Waals surface area contributed by atoms with Crippen LogP contribution in [0.2, 0.25) is 0 Å². The molecule has 21 heavy (non-hydrogen) atoms. The molecule has 3 heteroatoms. The van der Waals surface area contributed by atoms with Gasteiger partial charge in [-0.3, -0.25) is 0 Å². The van der Waals surface area contributed by atoms with E-state index in [0.29, 0.717) is 0 Å². The van der Waals surface area contributed by atoms with Gasteiger partial charge in [0.15, 0.2) is 5.76 Å². The minimum absolute atomic E-state index is 0.0918. The van der Waals surface area contributed by atoms with Crippen LogP contribution in [0.15, 0.2) is 85.2 Å². The number of hydrogen-bond donors (Lipinski definition) is 0. The summed E-state index contributed by atoms with van der Waals surface area (Å²) in [7, 11) is 0. The average Bonchev–Trinajstić information content (AvgIpc) is 2.56. The molecule has 2 nitrogen and oxygen atoms in total. The van der Waals surface area contributed by atoms with Gasteiger partial charge in [-0.1, -0.05) is 73.8 Å². The fourth-order valence-corrected chi connectivity index (χ4v) is 1.63. The van der Waals surface area contributed by atoms with E-state index in [1.807, 2.05) is 0 Å². The number of nitrogens with zero attached hydrogens (tertiary/aromatic N) is 1. The highest BCUT2D eigenvalue weighted by atomic mass is 35.5. The molecule has 0 saturated heterocycles. The van der Waals surface area contributed by atoms with Crippen molar-refractivity contribution in [2.45, 2.75) is 6.42 Å². The first-order valence-electron chi connectivity index (χ1n) is 6.32. The van der Waals surface area contributed by atoms with Gasteiger partial charge in [-0.2, -0.15) is 5.26 Å². The minimum Gasteiger partial charge on any atom is -0.385 e. The molecule has 106 valence electrons. The molecule has 2 aromatic carbocycles. The molecule has 0 N–H and O–H groups in total. The van der Waals surface area contributed by atoms with Crippen molar-refractivity contribution < 1.29 is 4.29 Å². The van der Waals surface area contributed by atoms with Crippen LogP contribution in [0, 0.1) is 11.3 Å². The lowest BCUT2D eigenvalue weighted by molar-refractivity contribution is 0.493. The van der Waals surface area contributed by atoms with Crippen molar-refractivity contribution in [2.75, 3.05) is 0 Å². The normalized spacial score (nSPS) is 8.76. The van der Waals surface area contributed by atoms with Crippen molar-refractivity contribution in [1.29, 1.82) is 5.26 Å². The lowest BCUT2D eigenvalue weighted by Gasteiger charge is -2.00. The SMILES string of the molecule is C=C(C#N)C(=C)OCl.c1ccc(Cc2ccccc2)cc1. The van der Waals surface area contributed by atoms with E-state index in [1.165, 1.54) is 11.1 Å². The zero-order chi connectivity index (χ0) is 15.5. The Hall–Kier alpha value is -2.50. The van der Waals surface area contributed by atoms with Crippen LogP contribution < -0.4 is 0 Å². The highest BCUT2D eigenvalue weighted by Gasteiger charge is 1.95. The van der Waals surface area contributed by atoms with Crippen LogP contribution in [0.25, 0.3) is 0 Å². The van der Waals surface area contributed by atoms with Crippen molar-refractivity contribution in [2.24, 2.45) is 0 Å². The van der Waals surface area contributed by atoms with Crippen molar-refractivity contribution in [1.82, 2.24) is 0 Å². The van der Waals surface area contributed by atoms with Gasteiger partial charge < -0.3 is 4.29 Å². The van der Waals surface area contributed by atoms with Gasteiger partial charge in [0.1, 0.15) is 17.9 Å². The van der Waals surface area contributed by atoms with E-state index in [9.17, 15) is 0 Å². The number of nitriles is 1. The minimum atomic E-state index is 0.0918. The van der Waals surface area contributed by atoms with E-state index in [4.69, 9.17) is 17.1 Å². The number of hydrogen-bond acceptors (Lipinski definition) is 2. The molecule has 2 rings (SSSR count). The molecule has 0 spiro atoms. The second-order valence-corrected chi connectivity index (χ2v) is 4.39. The summed E-state index contributed by atoms with van der Waals surface area (Å²) in [6, 6.07) is 22.8. The molecule has 0 fully saturated rings. The van der Waals surface area contributed by atoms with Gasteiger partial charge in [0.2, 0.25) is 0 Å². The molecule has 0 bridgehead atoms. The van der Waals surface area contributed by atoms with Crippen molar-refractivity contribution in [3.05, 3.63) is 96.3 Å². The van der Waals surface area contributed by atoms with Crippen LogP contribution in [0.5, 0.6) is 0 Å². The van der Waals surface area contributed by atoms with Crippen LogP contribution in [-0.4, -0.2) is 0 Å². The maximum absolute atomic E-state index is 8.09. The van der Waals surface area contributed by atoms with Gasteiger partial charge in [-0.05, 0) is 17.5 Å². The quantitative estimate of drug-likeness (QED) is 0.450. The van der Waals surface area contributed by atoms with E-state index in [2.05, 4.69) is 78.1 Å². The molecule has 0 aliphatic rings. The summed E-state index contributed by atoms with van der Waals surface area (Å²) in [6.07, 6.45) is 1.03. The van der Waals surface area contributed by atoms with E-state index in [1.54, 1.807) is 6.07 Å². The largest absolute Gasteiger partial charge is 0.385 e. The maximum atomic E-state index is 8.09. The second-order valence-electron chi connectivity index (χ2n) is 4.24. The van der Waals surface area contributed by atoms with Crippen LogP contribution in [0.3, 0.4) is 0 Å². The number of allylic oxidation sites excluding steroid dienone is 1. The first-order valence-corrected chi connectivity index (χ1v) is 6.63. The average molecular weight is 298 g/mol. The van der Waals surface area contributed by atoms with Crippen LogP contribution in [-0.2, 0) is 10.7 Å². The monoisotopic (exact) mass is 297 g/mol. The molecule has 0 aliphatic heterocycles. The highest BCUT2D eigenvalue weighted by Crippen LogP contribution is 2.08. The number of rotatable bonds is 4. The topological polar surface area (TPSA) is 33.0 Å². The molecule has 2 aromatic rings. The molecule has 0 saturated carbocycles. The van der Waals surface area contributed by atoms with E-state index < -0.39 is 0 Å². The Morgan fingerprint density at radius 1 is 0.952 bits per heavy atom. The maximum Gasteiger partial charge on any atom is 0.156 e. The van der Waals surface area contributed by atoms with Gasteiger partial charge in [-0.25, -0.2) is 0 Å². The Morgan fingerprint density at radius 3 is 1.67 bits per heavy atom. The summed E-state index contributed by atoms with van der Waals surface area (Å²) < 4.78 is 4.06. The lowest BCUT2D eigenvalue weighted by atomic mass is 10.1. The Bertz CT molecular complexity index is 577. The molecular formula is C18H16ClNO. The third-order valence-corrected chi connectivity index (χ3v) is 2.84. The van der Waals surface area contributed by atoms with Crippen molar-refractivity contribution in [3.8, 4) is 6.07 Å².